The average molecular weight is 429 g/mol. The number of carbonyl (C=O) groups is 1. The number of hydrogen-bond acceptors (Lipinski definition) is 6. The highest BCUT2D eigenvalue weighted by atomic mass is 35.5. The molecular formula is C17H12ClF3N4O2S. The van der Waals surface area contributed by atoms with Gasteiger partial charge in [-0.05, 0) is 41.8 Å². The van der Waals surface area contributed by atoms with Crippen molar-refractivity contribution in [1.82, 2.24) is 10.2 Å². The minimum Gasteiger partial charge on any atom is -0.413 e. The Kier molecular flexibility index (Phi) is 5.92. The highest BCUT2D eigenvalue weighted by molar-refractivity contribution is 7.97. The molecule has 0 aliphatic carbocycles. The molecule has 1 aromatic heterocycles. The van der Waals surface area contributed by atoms with E-state index in [2.05, 4.69) is 19.9 Å². The highest BCUT2D eigenvalue weighted by Gasteiger charge is 2.38. The van der Waals surface area contributed by atoms with Crippen molar-refractivity contribution in [3.05, 3.63) is 58.9 Å². The number of nitrogens with zero attached hydrogens (tertiary/aromatic N) is 2. The number of anilines is 1. The van der Waals surface area contributed by atoms with Crippen LogP contribution in [-0.2, 0) is 17.4 Å². The Morgan fingerprint density at radius 2 is 1.96 bits per heavy atom. The molecule has 28 heavy (non-hydrogen) atoms. The number of carbonyl (C=O) groups excluding carboxylic acids is 1. The van der Waals surface area contributed by atoms with Crippen LogP contribution in [-0.4, -0.2) is 16.1 Å². The zero-order chi connectivity index (χ0) is 20.3. The molecule has 146 valence electrons. The summed E-state index contributed by atoms with van der Waals surface area (Å²) in [6, 6.07) is 11.4. The molecule has 0 radical (unpaired) electrons. The third-order valence-electron chi connectivity index (χ3n) is 3.60. The fourth-order valence-electron chi connectivity index (χ4n) is 2.34. The predicted octanol–water partition coefficient (Wildman–Crippen LogP) is 4.56. The molecule has 0 aliphatic rings. The molecule has 2 aromatic carbocycles. The van der Waals surface area contributed by atoms with Gasteiger partial charge in [0.1, 0.15) is 0 Å². The second kappa shape index (κ2) is 8.21. The zero-order valence-electron chi connectivity index (χ0n) is 14.0. The predicted molar refractivity (Wildman–Crippen MR) is 98.6 cm³/mol. The summed E-state index contributed by atoms with van der Waals surface area (Å²) in [5.74, 6) is -2.09. The van der Waals surface area contributed by atoms with Gasteiger partial charge in [-0.2, -0.15) is 13.2 Å². The van der Waals surface area contributed by atoms with Gasteiger partial charge < -0.3 is 9.73 Å². The molecule has 3 aromatic rings. The minimum atomic E-state index is -4.74. The van der Waals surface area contributed by atoms with Gasteiger partial charge in [0.2, 0.25) is 11.8 Å². The van der Waals surface area contributed by atoms with Crippen LogP contribution in [0.1, 0.15) is 11.5 Å². The second-order valence-corrected chi connectivity index (χ2v) is 6.64. The van der Waals surface area contributed by atoms with Crippen molar-refractivity contribution in [3.8, 4) is 11.5 Å². The lowest BCUT2D eigenvalue weighted by Crippen LogP contribution is -2.14. The smallest absolute Gasteiger partial charge is 0.413 e. The largest absolute Gasteiger partial charge is 0.470 e. The Morgan fingerprint density at radius 1 is 1.21 bits per heavy atom. The van der Waals surface area contributed by atoms with Crippen LogP contribution in [0.25, 0.3) is 11.5 Å². The molecule has 6 nitrogen and oxygen atoms in total. The number of nitrogens with two attached hydrogens (primary N) is 1. The van der Waals surface area contributed by atoms with E-state index < -0.39 is 12.1 Å². The molecule has 0 aliphatic heterocycles. The maximum atomic E-state index is 12.6. The topological polar surface area (TPSA) is 94.0 Å². The van der Waals surface area contributed by atoms with Gasteiger partial charge in [-0.25, -0.2) is 0 Å². The summed E-state index contributed by atoms with van der Waals surface area (Å²) in [4.78, 5) is 12.6. The molecule has 3 N–H and O–H groups in total. The fraction of sp³-hybridized carbons (Fsp3) is 0.118. The first-order valence-electron chi connectivity index (χ1n) is 7.73. The van der Waals surface area contributed by atoms with E-state index in [1.807, 2.05) is 0 Å². The first-order valence-corrected chi connectivity index (χ1v) is 8.99. The molecule has 3 rings (SSSR count). The SMILES string of the molecule is NSc1cc(NC(=O)Cc2ccccc2Cl)ccc1-c1nnc(C(F)(F)F)o1. The van der Waals surface area contributed by atoms with Crippen molar-refractivity contribution >= 4 is 35.1 Å². The van der Waals surface area contributed by atoms with E-state index in [1.54, 1.807) is 24.3 Å². The third kappa shape index (κ3) is 4.64. The van der Waals surface area contributed by atoms with Gasteiger partial charge in [0.25, 0.3) is 0 Å². The van der Waals surface area contributed by atoms with Crippen LogP contribution in [0.4, 0.5) is 18.9 Å². The van der Waals surface area contributed by atoms with Crippen LogP contribution < -0.4 is 10.5 Å². The Balaban J connectivity index is 1.78. The number of amides is 1. The molecular weight excluding hydrogens is 417 g/mol. The number of aromatic nitrogens is 2. The van der Waals surface area contributed by atoms with Crippen molar-refractivity contribution in [3.63, 3.8) is 0 Å². The van der Waals surface area contributed by atoms with Gasteiger partial charge in [0.05, 0.1) is 12.0 Å². The summed E-state index contributed by atoms with van der Waals surface area (Å²) in [6.45, 7) is 0. The Labute approximate surface area is 166 Å². The number of halogens is 4. The van der Waals surface area contributed by atoms with E-state index in [9.17, 15) is 18.0 Å². The number of nitrogens with one attached hydrogen (secondary N) is 1. The maximum Gasteiger partial charge on any atom is 0.470 e. The molecule has 0 saturated heterocycles. The quantitative estimate of drug-likeness (QED) is 0.579. The van der Waals surface area contributed by atoms with E-state index in [1.165, 1.54) is 18.2 Å². The van der Waals surface area contributed by atoms with Gasteiger partial charge in [0.15, 0.2) is 0 Å². The number of benzene rings is 2. The van der Waals surface area contributed by atoms with Crippen molar-refractivity contribution in [2.45, 2.75) is 17.5 Å². The highest BCUT2D eigenvalue weighted by Crippen LogP contribution is 2.34. The third-order valence-corrected chi connectivity index (χ3v) is 4.56. The standard InChI is InChI=1S/C17H12ClF3N4O2S/c18-12-4-2-1-3-9(12)7-14(26)23-10-5-6-11(13(8-10)28-22)15-24-25-16(27-15)17(19,20)21/h1-6,8H,7,22H2,(H,23,26). The van der Waals surface area contributed by atoms with Gasteiger partial charge in [-0.1, -0.05) is 29.8 Å². The van der Waals surface area contributed by atoms with Crippen LogP contribution in [0, 0.1) is 0 Å². The van der Waals surface area contributed by atoms with Crippen molar-refractivity contribution in [2.75, 3.05) is 5.32 Å². The lowest BCUT2D eigenvalue weighted by atomic mass is 10.1. The summed E-state index contributed by atoms with van der Waals surface area (Å²) >= 11 is 6.81. The van der Waals surface area contributed by atoms with Crippen LogP contribution in [0.5, 0.6) is 0 Å². The molecule has 0 atom stereocenters. The Hall–Kier alpha value is -2.56. The summed E-state index contributed by atoms with van der Waals surface area (Å²) in [5, 5.41) is 15.2. The van der Waals surface area contributed by atoms with E-state index in [0.717, 1.165) is 11.9 Å². The first kappa shape index (κ1) is 20.2. The molecule has 1 amide bonds. The van der Waals surface area contributed by atoms with E-state index in [0.29, 0.717) is 21.2 Å². The number of rotatable bonds is 5. The molecule has 0 bridgehead atoms. The minimum absolute atomic E-state index is 0.0606. The van der Waals surface area contributed by atoms with Crippen LogP contribution in [0.3, 0.4) is 0 Å². The zero-order valence-corrected chi connectivity index (χ0v) is 15.5. The van der Waals surface area contributed by atoms with E-state index >= 15 is 0 Å². The van der Waals surface area contributed by atoms with E-state index in [-0.39, 0.29) is 23.8 Å². The fourth-order valence-corrected chi connectivity index (χ4v) is 3.02. The Bertz CT molecular complexity index is 1010. The molecule has 11 heteroatoms. The van der Waals surface area contributed by atoms with Crippen LogP contribution in [0.15, 0.2) is 51.8 Å². The average Bonchev–Trinajstić information content (AvgIpc) is 3.14. The monoisotopic (exact) mass is 428 g/mol. The van der Waals surface area contributed by atoms with E-state index in [4.69, 9.17) is 16.7 Å². The summed E-state index contributed by atoms with van der Waals surface area (Å²) in [6.07, 6.45) is -4.68. The van der Waals surface area contributed by atoms with Gasteiger partial charge in [-0.3, -0.25) is 9.93 Å². The molecule has 0 unspecified atom stereocenters. The normalized spacial score (nSPS) is 11.5. The molecule has 0 fully saturated rings. The van der Waals surface area contributed by atoms with Gasteiger partial charge >= 0.3 is 12.1 Å². The molecule has 1 heterocycles. The van der Waals surface area contributed by atoms with Crippen molar-refractivity contribution in [2.24, 2.45) is 5.14 Å². The molecule has 0 spiro atoms. The maximum absolute atomic E-state index is 12.6. The van der Waals surface area contributed by atoms with Crippen LogP contribution in [0.2, 0.25) is 5.02 Å². The van der Waals surface area contributed by atoms with Crippen LogP contribution >= 0.6 is 23.5 Å². The van der Waals surface area contributed by atoms with Gasteiger partial charge in [-0.15, -0.1) is 10.2 Å². The Morgan fingerprint density at radius 3 is 2.61 bits per heavy atom. The summed E-state index contributed by atoms with van der Waals surface area (Å²) in [5.41, 5.74) is 1.29. The van der Waals surface area contributed by atoms with Crippen molar-refractivity contribution in [1.29, 1.82) is 0 Å². The number of hydrogen-bond donors (Lipinski definition) is 2. The second-order valence-electron chi connectivity index (χ2n) is 5.56. The molecule has 0 saturated carbocycles. The number of alkyl halides is 3. The van der Waals surface area contributed by atoms with Gasteiger partial charge in [0, 0.05) is 15.6 Å². The lowest BCUT2D eigenvalue weighted by Gasteiger charge is -2.09. The van der Waals surface area contributed by atoms with Crippen molar-refractivity contribution < 1.29 is 22.4 Å². The summed E-state index contributed by atoms with van der Waals surface area (Å²) in [7, 11) is 0. The first-order chi connectivity index (χ1) is 13.3. The lowest BCUT2D eigenvalue weighted by molar-refractivity contribution is -0.157. The summed E-state index contributed by atoms with van der Waals surface area (Å²) < 4.78 is 42.6.